The highest BCUT2D eigenvalue weighted by Gasteiger charge is 2.23. The minimum absolute atomic E-state index is 0.0500. The first-order valence-electron chi connectivity index (χ1n) is 6.33. The number of halogens is 1. The lowest BCUT2D eigenvalue weighted by Crippen LogP contribution is -2.24. The molecule has 1 aliphatic carbocycles. The maximum absolute atomic E-state index is 13.4. The predicted molar refractivity (Wildman–Crippen MR) is 70.6 cm³/mol. The molecule has 0 amide bonds. The van der Waals surface area contributed by atoms with Crippen LogP contribution in [0.2, 0.25) is 0 Å². The van der Waals surface area contributed by atoms with E-state index in [1.165, 1.54) is 18.6 Å². The zero-order valence-electron chi connectivity index (χ0n) is 10.2. The molecule has 0 N–H and O–H groups in total. The molecule has 1 fully saturated rings. The van der Waals surface area contributed by atoms with Crippen LogP contribution in [-0.4, -0.2) is 21.0 Å². The quantitative estimate of drug-likeness (QED) is 0.786. The van der Waals surface area contributed by atoms with Crippen molar-refractivity contribution in [2.75, 3.05) is 5.75 Å². The van der Waals surface area contributed by atoms with E-state index < -0.39 is 16.6 Å². The Morgan fingerprint density at radius 2 is 1.89 bits per heavy atom. The number of rotatable bonds is 4. The molecule has 0 heterocycles. The summed E-state index contributed by atoms with van der Waals surface area (Å²) in [6.45, 7) is 0. The van der Waals surface area contributed by atoms with Crippen LogP contribution in [-0.2, 0) is 10.8 Å². The second kappa shape index (κ2) is 6.23. The zero-order valence-corrected chi connectivity index (χ0v) is 11.0. The summed E-state index contributed by atoms with van der Waals surface area (Å²) in [6, 6.07) is 5.89. The molecule has 4 heteroatoms. The molecule has 98 valence electrons. The molecule has 0 bridgehead atoms. The van der Waals surface area contributed by atoms with Crippen molar-refractivity contribution in [1.29, 1.82) is 0 Å². The highest BCUT2D eigenvalue weighted by molar-refractivity contribution is 7.86. The van der Waals surface area contributed by atoms with Gasteiger partial charge < -0.3 is 0 Å². The molecule has 1 atom stereocenters. The Balaban J connectivity index is 1.99. The molecule has 1 aromatic carbocycles. The number of carbonyl (C=O) groups is 1. The Morgan fingerprint density at radius 1 is 1.22 bits per heavy atom. The van der Waals surface area contributed by atoms with E-state index in [4.69, 9.17) is 0 Å². The van der Waals surface area contributed by atoms with Crippen LogP contribution in [0, 0.1) is 5.82 Å². The average Bonchev–Trinajstić information content (AvgIpc) is 2.40. The van der Waals surface area contributed by atoms with Gasteiger partial charge in [0.25, 0.3) is 0 Å². The number of carbonyl (C=O) groups excluding carboxylic acids is 1. The fourth-order valence-corrected chi connectivity index (χ4v) is 3.85. The largest absolute Gasteiger partial charge is 0.293 e. The van der Waals surface area contributed by atoms with Gasteiger partial charge >= 0.3 is 0 Å². The van der Waals surface area contributed by atoms with Crippen LogP contribution < -0.4 is 0 Å². The van der Waals surface area contributed by atoms with Crippen molar-refractivity contribution in [3.05, 3.63) is 35.6 Å². The molecule has 18 heavy (non-hydrogen) atoms. The number of ketones is 1. The van der Waals surface area contributed by atoms with Crippen LogP contribution in [0.15, 0.2) is 24.3 Å². The van der Waals surface area contributed by atoms with Crippen molar-refractivity contribution >= 4 is 16.6 Å². The lowest BCUT2D eigenvalue weighted by atomic mass is 10.0. The molecular formula is C14H17FO2S. The van der Waals surface area contributed by atoms with Crippen molar-refractivity contribution in [3.63, 3.8) is 0 Å². The fourth-order valence-electron chi connectivity index (χ4n) is 2.34. The Morgan fingerprint density at radius 3 is 2.56 bits per heavy atom. The van der Waals surface area contributed by atoms with Crippen molar-refractivity contribution in [2.45, 2.75) is 37.4 Å². The van der Waals surface area contributed by atoms with E-state index in [-0.39, 0.29) is 22.3 Å². The lowest BCUT2D eigenvalue weighted by Gasteiger charge is -2.20. The summed E-state index contributed by atoms with van der Waals surface area (Å²) in [6.07, 6.45) is 5.22. The smallest absolute Gasteiger partial charge is 0.178 e. The van der Waals surface area contributed by atoms with E-state index in [0.717, 1.165) is 25.7 Å². The van der Waals surface area contributed by atoms with Gasteiger partial charge in [0.05, 0.1) is 11.3 Å². The summed E-state index contributed by atoms with van der Waals surface area (Å²) in [7, 11) is -1.16. The third kappa shape index (κ3) is 3.25. The highest BCUT2D eigenvalue weighted by atomic mass is 32.2. The summed E-state index contributed by atoms with van der Waals surface area (Å²) in [5.74, 6) is -0.925. The van der Waals surface area contributed by atoms with E-state index in [1.807, 2.05) is 0 Å². The molecule has 2 rings (SSSR count). The molecule has 0 aromatic heterocycles. The van der Waals surface area contributed by atoms with Crippen molar-refractivity contribution in [1.82, 2.24) is 0 Å². The van der Waals surface area contributed by atoms with Crippen molar-refractivity contribution in [3.8, 4) is 0 Å². The Kier molecular flexibility index (Phi) is 4.64. The molecule has 0 saturated heterocycles. The van der Waals surface area contributed by atoms with Gasteiger partial charge in [-0.05, 0) is 25.0 Å². The van der Waals surface area contributed by atoms with Crippen molar-refractivity contribution < 1.29 is 13.4 Å². The zero-order chi connectivity index (χ0) is 13.0. The monoisotopic (exact) mass is 268 g/mol. The number of hydrogen-bond donors (Lipinski definition) is 0. The van der Waals surface area contributed by atoms with Gasteiger partial charge in [0.15, 0.2) is 5.78 Å². The molecule has 1 aromatic rings. The highest BCUT2D eigenvalue weighted by Crippen LogP contribution is 2.22. The minimum Gasteiger partial charge on any atom is -0.293 e. The van der Waals surface area contributed by atoms with Crippen LogP contribution in [0.3, 0.4) is 0 Å². The van der Waals surface area contributed by atoms with Crippen LogP contribution in [0.1, 0.15) is 42.5 Å². The number of Topliss-reactive ketones (excluding diaryl/α,β-unsaturated/α-hetero) is 1. The summed E-state index contributed by atoms with van der Waals surface area (Å²) in [4.78, 5) is 11.9. The maximum Gasteiger partial charge on any atom is 0.178 e. The molecule has 0 spiro atoms. The maximum atomic E-state index is 13.4. The molecule has 1 aliphatic rings. The topological polar surface area (TPSA) is 34.1 Å². The van der Waals surface area contributed by atoms with Gasteiger partial charge in [-0.1, -0.05) is 31.4 Å². The van der Waals surface area contributed by atoms with Crippen LogP contribution in [0.25, 0.3) is 0 Å². The predicted octanol–water partition coefficient (Wildman–Crippen LogP) is 3.09. The van der Waals surface area contributed by atoms with Gasteiger partial charge in [0, 0.05) is 16.0 Å². The Bertz CT molecular complexity index is 453. The van der Waals surface area contributed by atoms with E-state index in [0.29, 0.717) is 0 Å². The van der Waals surface area contributed by atoms with Gasteiger partial charge in [-0.2, -0.15) is 0 Å². The van der Waals surface area contributed by atoms with Gasteiger partial charge in [0.2, 0.25) is 0 Å². The summed E-state index contributed by atoms with van der Waals surface area (Å²) in [5, 5.41) is 0.120. The molecule has 0 radical (unpaired) electrons. The first-order chi connectivity index (χ1) is 8.68. The van der Waals surface area contributed by atoms with Crippen LogP contribution >= 0.6 is 0 Å². The van der Waals surface area contributed by atoms with Crippen molar-refractivity contribution in [2.24, 2.45) is 0 Å². The average molecular weight is 268 g/mol. The summed E-state index contributed by atoms with van der Waals surface area (Å²) in [5.41, 5.74) is 0.0571. The van der Waals surface area contributed by atoms with E-state index in [2.05, 4.69) is 0 Å². The van der Waals surface area contributed by atoms with Gasteiger partial charge in [-0.25, -0.2) is 4.39 Å². The second-order valence-electron chi connectivity index (χ2n) is 4.69. The first-order valence-corrected chi connectivity index (χ1v) is 7.71. The van der Waals surface area contributed by atoms with Gasteiger partial charge in [0.1, 0.15) is 5.82 Å². The van der Waals surface area contributed by atoms with E-state index in [1.54, 1.807) is 12.1 Å². The minimum atomic E-state index is -1.16. The molecule has 1 saturated carbocycles. The normalized spacial score (nSPS) is 18.5. The van der Waals surface area contributed by atoms with E-state index >= 15 is 0 Å². The second-order valence-corrected chi connectivity index (χ2v) is 6.40. The van der Waals surface area contributed by atoms with Gasteiger partial charge in [-0.3, -0.25) is 9.00 Å². The SMILES string of the molecule is O=C(CS(=O)C1CCCCC1)c1ccccc1F. The number of benzene rings is 1. The first kappa shape index (κ1) is 13.4. The molecule has 1 unspecified atom stereocenters. The number of hydrogen-bond acceptors (Lipinski definition) is 2. The molecule has 2 nitrogen and oxygen atoms in total. The van der Waals surface area contributed by atoms with Gasteiger partial charge in [-0.15, -0.1) is 0 Å². The Labute approximate surface area is 109 Å². The lowest BCUT2D eigenvalue weighted by molar-refractivity contribution is 0.101. The standard InChI is InChI=1S/C14H17FO2S/c15-13-9-5-4-8-12(13)14(16)10-18(17)11-6-2-1-3-7-11/h4-5,8-9,11H,1-3,6-7,10H2. The Hall–Kier alpha value is -1.03. The third-order valence-corrected chi connectivity index (χ3v) is 5.13. The summed E-state index contributed by atoms with van der Waals surface area (Å²) < 4.78 is 25.5. The van der Waals surface area contributed by atoms with E-state index in [9.17, 15) is 13.4 Å². The summed E-state index contributed by atoms with van der Waals surface area (Å²) >= 11 is 0. The third-order valence-electron chi connectivity index (χ3n) is 3.37. The molecular weight excluding hydrogens is 251 g/mol. The van der Waals surface area contributed by atoms with Crippen LogP contribution in [0.5, 0.6) is 0 Å². The van der Waals surface area contributed by atoms with Crippen LogP contribution in [0.4, 0.5) is 4.39 Å². The fraction of sp³-hybridized carbons (Fsp3) is 0.500. The molecule has 0 aliphatic heterocycles.